The fourth-order valence-electron chi connectivity index (χ4n) is 2.65. The van der Waals surface area contributed by atoms with E-state index in [0.29, 0.717) is 5.88 Å². The highest BCUT2D eigenvalue weighted by molar-refractivity contribution is 6.17. The van der Waals surface area contributed by atoms with Crippen molar-refractivity contribution in [2.75, 3.05) is 5.88 Å². The number of hydrogen-bond acceptors (Lipinski definition) is 1. The van der Waals surface area contributed by atoms with Crippen molar-refractivity contribution in [3.05, 3.63) is 0 Å². The first-order chi connectivity index (χ1) is 7.29. The number of rotatable bonds is 5. The third kappa shape index (κ3) is 2.22. The molecule has 1 saturated carbocycles. The van der Waals surface area contributed by atoms with E-state index in [1.807, 2.05) is 0 Å². The minimum Gasteiger partial charge on any atom is -0.353 e. The molecule has 0 saturated heterocycles. The number of nitrogens with one attached hydrogen (secondary N) is 1. The van der Waals surface area contributed by atoms with E-state index in [2.05, 4.69) is 39.9 Å². The first-order valence-electron chi connectivity index (χ1n) is 6.15. The third-order valence-corrected chi connectivity index (χ3v) is 4.80. The van der Waals surface area contributed by atoms with E-state index in [0.717, 1.165) is 12.8 Å². The lowest BCUT2D eigenvalue weighted by atomic mass is 10.0. The highest BCUT2D eigenvalue weighted by Gasteiger charge is 2.68. The van der Waals surface area contributed by atoms with Gasteiger partial charge in [-0.05, 0) is 23.7 Å². The van der Waals surface area contributed by atoms with Gasteiger partial charge < -0.3 is 5.32 Å². The zero-order valence-electron chi connectivity index (χ0n) is 11.1. The molecule has 0 heterocycles. The summed E-state index contributed by atoms with van der Waals surface area (Å²) in [6.45, 7) is 10.7. The molecule has 0 spiro atoms. The van der Waals surface area contributed by atoms with Gasteiger partial charge in [0.1, 0.15) is 0 Å². The maximum Gasteiger partial charge on any atom is 0.224 e. The highest BCUT2D eigenvalue weighted by atomic mass is 35.5. The molecule has 1 amide bonds. The summed E-state index contributed by atoms with van der Waals surface area (Å²) in [5.41, 5.74) is 0.243. The molecular weight excluding hydrogens is 222 g/mol. The highest BCUT2D eigenvalue weighted by Crippen LogP contribution is 2.68. The number of carbonyl (C=O) groups excluding carboxylic acids is 1. The molecule has 94 valence electrons. The largest absolute Gasteiger partial charge is 0.353 e. The Morgan fingerprint density at radius 1 is 1.31 bits per heavy atom. The Balaban J connectivity index is 2.55. The van der Waals surface area contributed by atoms with Gasteiger partial charge in [0.15, 0.2) is 0 Å². The van der Waals surface area contributed by atoms with Crippen molar-refractivity contribution in [2.24, 2.45) is 16.7 Å². The molecule has 1 unspecified atom stereocenters. The number of alkyl halides is 1. The monoisotopic (exact) mass is 245 g/mol. The van der Waals surface area contributed by atoms with Gasteiger partial charge in [0.05, 0.1) is 0 Å². The summed E-state index contributed by atoms with van der Waals surface area (Å²) >= 11 is 5.71. The van der Waals surface area contributed by atoms with Gasteiger partial charge in [0.2, 0.25) is 5.91 Å². The minimum absolute atomic E-state index is 0.121. The van der Waals surface area contributed by atoms with Crippen molar-refractivity contribution >= 4 is 17.5 Å². The molecule has 1 rings (SSSR count). The van der Waals surface area contributed by atoms with Crippen molar-refractivity contribution in [3.8, 4) is 0 Å². The topological polar surface area (TPSA) is 29.1 Å². The second-order valence-corrected chi connectivity index (χ2v) is 6.35. The van der Waals surface area contributed by atoms with E-state index in [9.17, 15) is 4.79 Å². The third-order valence-electron chi connectivity index (χ3n) is 4.58. The molecule has 0 aliphatic heterocycles. The lowest BCUT2D eigenvalue weighted by Gasteiger charge is -2.16. The fraction of sp³-hybridized carbons (Fsp3) is 0.923. The predicted octanol–water partition coefficient (Wildman–Crippen LogP) is 3.19. The predicted molar refractivity (Wildman–Crippen MR) is 68.6 cm³/mol. The molecule has 3 heteroatoms. The van der Waals surface area contributed by atoms with Crippen LogP contribution in [0.15, 0.2) is 0 Å². The zero-order chi connectivity index (χ0) is 12.6. The average molecular weight is 246 g/mol. The Morgan fingerprint density at radius 2 is 1.81 bits per heavy atom. The van der Waals surface area contributed by atoms with Crippen LogP contribution >= 0.6 is 11.6 Å². The Morgan fingerprint density at radius 3 is 2.12 bits per heavy atom. The van der Waals surface area contributed by atoms with E-state index >= 15 is 0 Å². The first kappa shape index (κ1) is 13.8. The van der Waals surface area contributed by atoms with Gasteiger partial charge in [-0.25, -0.2) is 0 Å². The van der Waals surface area contributed by atoms with Gasteiger partial charge in [-0.15, -0.1) is 11.6 Å². The molecule has 1 aliphatic carbocycles. The first-order valence-corrected chi connectivity index (χ1v) is 6.68. The molecule has 1 N–H and O–H groups in total. The van der Waals surface area contributed by atoms with Gasteiger partial charge in [-0.2, -0.15) is 0 Å². The normalized spacial score (nSPS) is 23.9. The molecule has 0 radical (unpaired) electrons. The molecule has 2 nitrogen and oxygen atoms in total. The Kier molecular flexibility index (Phi) is 3.94. The standard InChI is InChI=1S/C13H24ClNO/c1-6-9(7-8-14)15-11(16)10-12(2,3)13(10,4)5/h9-10H,6-8H2,1-5H3,(H,15,16). The molecule has 0 aromatic rings. The van der Waals surface area contributed by atoms with Crippen molar-refractivity contribution in [1.82, 2.24) is 5.32 Å². The number of carbonyl (C=O) groups is 1. The molecule has 0 bridgehead atoms. The Labute approximate surface area is 104 Å². The summed E-state index contributed by atoms with van der Waals surface area (Å²) in [6, 6.07) is 0.234. The number of halogens is 1. The second kappa shape index (κ2) is 4.56. The molecule has 0 aromatic heterocycles. The molecule has 1 aliphatic rings. The maximum atomic E-state index is 12.1. The quantitative estimate of drug-likeness (QED) is 0.741. The van der Waals surface area contributed by atoms with Crippen LogP contribution in [0.2, 0.25) is 0 Å². The smallest absolute Gasteiger partial charge is 0.224 e. The average Bonchev–Trinajstić information content (AvgIpc) is 2.56. The SMILES string of the molecule is CCC(CCCl)NC(=O)C1C(C)(C)C1(C)C. The van der Waals surface area contributed by atoms with Gasteiger partial charge in [-0.3, -0.25) is 4.79 Å². The van der Waals surface area contributed by atoms with E-state index in [1.54, 1.807) is 0 Å². The van der Waals surface area contributed by atoms with Crippen LogP contribution in [0.1, 0.15) is 47.5 Å². The zero-order valence-corrected chi connectivity index (χ0v) is 11.8. The van der Waals surface area contributed by atoms with Crippen LogP contribution in [-0.4, -0.2) is 17.8 Å². The van der Waals surface area contributed by atoms with Crippen LogP contribution < -0.4 is 5.32 Å². The summed E-state index contributed by atoms with van der Waals surface area (Å²) < 4.78 is 0. The van der Waals surface area contributed by atoms with Crippen molar-refractivity contribution in [1.29, 1.82) is 0 Å². The minimum atomic E-state index is 0.121. The molecule has 1 atom stereocenters. The van der Waals surface area contributed by atoms with E-state index < -0.39 is 0 Å². The van der Waals surface area contributed by atoms with Crippen LogP contribution in [0.5, 0.6) is 0 Å². The van der Waals surface area contributed by atoms with Crippen LogP contribution in [-0.2, 0) is 4.79 Å². The maximum absolute atomic E-state index is 12.1. The van der Waals surface area contributed by atoms with E-state index in [1.165, 1.54) is 0 Å². The van der Waals surface area contributed by atoms with Gasteiger partial charge in [0.25, 0.3) is 0 Å². The summed E-state index contributed by atoms with van der Waals surface area (Å²) in [5, 5.41) is 3.12. The lowest BCUT2D eigenvalue weighted by Crippen LogP contribution is -2.37. The molecule has 16 heavy (non-hydrogen) atoms. The molecule has 1 fully saturated rings. The Bertz CT molecular complexity index is 259. The molecule has 0 aromatic carbocycles. The van der Waals surface area contributed by atoms with E-state index in [-0.39, 0.29) is 28.7 Å². The summed E-state index contributed by atoms with van der Waals surface area (Å²) in [4.78, 5) is 12.1. The molecular formula is C13H24ClNO. The Hall–Kier alpha value is -0.240. The number of amides is 1. The van der Waals surface area contributed by atoms with Crippen molar-refractivity contribution in [3.63, 3.8) is 0 Å². The van der Waals surface area contributed by atoms with Crippen LogP contribution in [0.4, 0.5) is 0 Å². The van der Waals surface area contributed by atoms with Gasteiger partial charge in [-0.1, -0.05) is 34.6 Å². The fourth-order valence-corrected chi connectivity index (χ4v) is 2.91. The van der Waals surface area contributed by atoms with Crippen LogP contribution in [0.25, 0.3) is 0 Å². The van der Waals surface area contributed by atoms with Crippen LogP contribution in [0, 0.1) is 16.7 Å². The van der Waals surface area contributed by atoms with Crippen molar-refractivity contribution in [2.45, 2.75) is 53.5 Å². The summed E-state index contributed by atoms with van der Waals surface area (Å²) in [6.07, 6.45) is 1.81. The lowest BCUT2D eigenvalue weighted by molar-refractivity contribution is -0.124. The van der Waals surface area contributed by atoms with E-state index in [4.69, 9.17) is 11.6 Å². The van der Waals surface area contributed by atoms with Crippen molar-refractivity contribution < 1.29 is 4.79 Å². The number of hydrogen-bond donors (Lipinski definition) is 1. The summed E-state index contributed by atoms with van der Waals surface area (Å²) in [7, 11) is 0. The van der Waals surface area contributed by atoms with Crippen LogP contribution in [0.3, 0.4) is 0 Å². The van der Waals surface area contributed by atoms with Gasteiger partial charge in [0, 0.05) is 17.8 Å². The van der Waals surface area contributed by atoms with Gasteiger partial charge >= 0.3 is 0 Å². The summed E-state index contributed by atoms with van der Waals surface area (Å²) in [5.74, 6) is 0.951. The second-order valence-electron chi connectivity index (χ2n) is 5.97.